The highest BCUT2D eigenvalue weighted by Crippen LogP contribution is 2.36. The molecule has 0 atom stereocenters. The number of rotatable bonds is 4. The van der Waals surface area contributed by atoms with Gasteiger partial charge in [-0.15, -0.1) is 0 Å². The molecule has 1 saturated carbocycles. The van der Waals surface area contributed by atoms with Gasteiger partial charge in [-0.3, -0.25) is 4.79 Å². The summed E-state index contributed by atoms with van der Waals surface area (Å²) in [7, 11) is 0. The van der Waals surface area contributed by atoms with E-state index < -0.39 is 5.97 Å². The molecule has 0 aliphatic heterocycles. The lowest BCUT2D eigenvalue weighted by Gasteiger charge is -2.22. The minimum absolute atomic E-state index is 0.0879. The van der Waals surface area contributed by atoms with Gasteiger partial charge in [0.2, 0.25) is 0 Å². The molecule has 14 heavy (non-hydrogen) atoms. The van der Waals surface area contributed by atoms with Crippen molar-refractivity contribution in [2.45, 2.75) is 38.0 Å². The molecule has 0 saturated heterocycles. The predicted molar refractivity (Wildman–Crippen MR) is 49.1 cm³/mol. The molecule has 1 aromatic heterocycles. The molecule has 0 bridgehead atoms. The lowest BCUT2D eigenvalue weighted by Crippen LogP contribution is -2.07. The Balaban J connectivity index is 1.92. The first-order valence-corrected chi connectivity index (χ1v) is 4.92. The van der Waals surface area contributed by atoms with E-state index in [0.717, 1.165) is 5.76 Å². The number of hydrogen-bond donors (Lipinski definition) is 1. The molecule has 0 amide bonds. The first-order chi connectivity index (χ1) is 6.75. The van der Waals surface area contributed by atoms with Crippen LogP contribution in [0, 0.1) is 0 Å². The second kappa shape index (κ2) is 3.82. The number of hydrogen-bond acceptors (Lipinski definition) is 3. The van der Waals surface area contributed by atoms with Crippen LogP contribution in [0.25, 0.3) is 0 Å². The van der Waals surface area contributed by atoms with Crippen molar-refractivity contribution >= 4 is 5.97 Å². The minimum atomic E-state index is -0.812. The zero-order valence-electron chi connectivity index (χ0n) is 7.90. The third-order valence-corrected chi connectivity index (χ3v) is 2.63. The zero-order valence-corrected chi connectivity index (χ0v) is 7.90. The number of aliphatic carboxylic acids is 1. The third-order valence-electron chi connectivity index (χ3n) is 2.63. The van der Waals surface area contributed by atoms with E-state index in [1.807, 2.05) is 0 Å². The van der Waals surface area contributed by atoms with Gasteiger partial charge in [-0.25, -0.2) is 4.98 Å². The van der Waals surface area contributed by atoms with Gasteiger partial charge in [-0.05, 0) is 12.8 Å². The van der Waals surface area contributed by atoms with Gasteiger partial charge in [-0.1, -0.05) is 6.42 Å². The lowest BCUT2D eigenvalue weighted by molar-refractivity contribution is -0.137. The van der Waals surface area contributed by atoms with Crippen molar-refractivity contribution in [3.63, 3.8) is 0 Å². The molecule has 1 fully saturated rings. The van der Waals surface area contributed by atoms with Crippen LogP contribution < -0.4 is 0 Å². The van der Waals surface area contributed by atoms with Gasteiger partial charge in [0.1, 0.15) is 5.76 Å². The van der Waals surface area contributed by atoms with Crippen molar-refractivity contribution < 1.29 is 14.3 Å². The van der Waals surface area contributed by atoms with Crippen LogP contribution in [-0.2, 0) is 11.2 Å². The molecule has 0 aromatic carbocycles. The van der Waals surface area contributed by atoms with Gasteiger partial charge in [0.05, 0.1) is 12.6 Å². The average molecular weight is 195 g/mol. The Labute approximate surface area is 81.9 Å². The highest BCUT2D eigenvalue weighted by Gasteiger charge is 2.23. The van der Waals surface area contributed by atoms with Crippen LogP contribution in [0.3, 0.4) is 0 Å². The van der Waals surface area contributed by atoms with Gasteiger partial charge in [0.25, 0.3) is 0 Å². The summed E-state index contributed by atoms with van der Waals surface area (Å²) >= 11 is 0. The van der Waals surface area contributed by atoms with E-state index in [4.69, 9.17) is 9.52 Å². The number of aryl methyl sites for hydroxylation is 1. The molecule has 76 valence electrons. The highest BCUT2D eigenvalue weighted by molar-refractivity contribution is 5.66. The quantitative estimate of drug-likeness (QED) is 0.797. The fourth-order valence-corrected chi connectivity index (χ4v) is 1.54. The molecule has 1 aliphatic carbocycles. The summed E-state index contributed by atoms with van der Waals surface area (Å²) in [4.78, 5) is 14.4. The monoisotopic (exact) mass is 195 g/mol. The summed E-state index contributed by atoms with van der Waals surface area (Å²) in [6, 6.07) is 0. The van der Waals surface area contributed by atoms with Crippen LogP contribution in [-0.4, -0.2) is 16.1 Å². The van der Waals surface area contributed by atoms with Gasteiger partial charge in [0, 0.05) is 12.3 Å². The molecular formula is C10H13NO3. The van der Waals surface area contributed by atoms with Crippen molar-refractivity contribution in [2.75, 3.05) is 0 Å². The van der Waals surface area contributed by atoms with Crippen molar-refractivity contribution in [1.82, 2.24) is 4.98 Å². The Morgan fingerprint density at radius 3 is 3.00 bits per heavy atom. The molecule has 1 N–H and O–H groups in total. The van der Waals surface area contributed by atoms with Crippen molar-refractivity contribution in [2.24, 2.45) is 0 Å². The Morgan fingerprint density at radius 2 is 2.43 bits per heavy atom. The van der Waals surface area contributed by atoms with Crippen LogP contribution in [0.4, 0.5) is 0 Å². The summed E-state index contributed by atoms with van der Waals surface area (Å²) in [6.07, 6.45) is 5.82. The van der Waals surface area contributed by atoms with Crippen LogP contribution >= 0.6 is 0 Å². The third kappa shape index (κ3) is 1.95. The summed E-state index contributed by atoms with van der Waals surface area (Å²) in [5, 5.41) is 8.48. The molecule has 1 aromatic rings. The van der Waals surface area contributed by atoms with E-state index in [0.29, 0.717) is 18.2 Å². The molecule has 2 rings (SSSR count). The van der Waals surface area contributed by atoms with Gasteiger partial charge in [0.15, 0.2) is 5.89 Å². The second-order valence-corrected chi connectivity index (χ2v) is 3.68. The van der Waals surface area contributed by atoms with E-state index in [1.54, 1.807) is 6.20 Å². The van der Waals surface area contributed by atoms with E-state index in [1.165, 1.54) is 19.3 Å². The van der Waals surface area contributed by atoms with Crippen molar-refractivity contribution in [3.05, 3.63) is 17.8 Å². The molecular weight excluding hydrogens is 182 g/mol. The molecule has 0 unspecified atom stereocenters. The largest absolute Gasteiger partial charge is 0.481 e. The summed E-state index contributed by atoms with van der Waals surface area (Å²) < 4.78 is 5.46. The fraction of sp³-hybridized carbons (Fsp3) is 0.600. The fourth-order valence-electron chi connectivity index (χ4n) is 1.54. The van der Waals surface area contributed by atoms with Crippen LogP contribution in [0.5, 0.6) is 0 Å². The number of carboxylic acids is 1. The average Bonchev–Trinajstić information content (AvgIpc) is 2.46. The van der Waals surface area contributed by atoms with Gasteiger partial charge in [-0.2, -0.15) is 0 Å². The molecule has 0 radical (unpaired) electrons. The molecule has 4 heteroatoms. The maximum Gasteiger partial charge on any atom is 0.303 e. The normalized spacial score (nSPS) is 16.6. The van der Waals surface area contributed by atoms with E-state index in [-0.39, 0.29) is 6.42 Å². The van der Waals surface area contributed by atoms with Crippen molar-refractivity contribution in [3.8, 4) is 0 Å². The second-order valence-electron chi connectivity index (χ2n) is 3.68. The maximum atomic E-state index is 10.3. The van der Waals surface area contributed by atoms with Crippen LogP contribution in [0.1, 0.15) is 43.3 Å². The lowest BCUT2D eigenvalue weighted by atomic mass is 9.84. The standard InChI is InChI=1S/C10H13NO3/c12-10(13)5-4-9-11-6-8(14-9)7-2-1-3-7/h6-7H,1-5H2,(H,12,13). The number of carbonyl (C=O) groups is 1. The molecule has 4 nitrogen and oxygen atoms in total. The van der Waals surface area contributed by atoms with E-state index in [2.05, 4.69) is 4.98 Å². The summed E-state index contributed by atoms with van der Waals surface area (Å²) in [6.45, 7) is 0. The SMILES string of the molecule is O=C(O)CCc1ncc(C2CCC2)o1. The van der Waals surface area contributed by atoms with Crippen LogP contribution in [0.2, 0.25) is 0 Å². The summed E-state index contributed by atoms with van der Waals surface area (Å²) in [5.41, 5.74) is 0. The smallest absolute Gasteiger partial charge is 0.303 e. The number of oxazole rings is 1. The molecule has 1 heterocycles. The Kier molecular flexibility index (Phi) is 2.52. The van der Waals surface area contributed by atoms with Crippen molar-refractivity contribution in [1.29, 1.82) is 0 Å². The highest BCUT2D eigenvalue weighted by atomic mass is 16.4. The number of nitrogens with zero attached hydrogens (tertiary/aromatic N) is 1. The first kappa shape index (κ1) is 9.24. The van der Waals surface area contributed by atoms with E-state index >= 15 is 0 Å². The Bertz CT molecular complexity index is 328. The Hall–Kier alpha value is -1.32. The minimum Gasteiger partial charge on any atom is -0.481 e. The van der Waals surface area contributed by atoms with Gasteiger partial charge < -0.3 is 9.52 Å². The molecule has 1 aliphatic rings. The first-order valence-electron chi connectivity index (χ1n) is 4.92. The van der Waals surface area contributed by atoms with Gasteiger partial charge >= 0.3 is 5.97 Å². The zero-order chi connectivity index (χ0) is 9.97. The predicted octanol–water partition coefficient (Wildman–Crippen LogP) is 1.96. The topological polar surface area (TPSA) is 63.3 Å². The number of aromatic nitrogens is 1. The Morgan fingerprint density at radius 1 is 1.64 bits per heavy atom. The van der Waals surface area contributed by atoms with Crippen LogP contribution in [0.15, 0.2) is 10.6 Å². The molecule has 0 spiro atoms. The maximum absolute atomic E-state index is 10.3. The van der Waals surface area contributed by atoms with E-state index in [9.17, 15) is 4.79 Å². The summed E-state index contributed by atoms with van der Waals surface area (Å²) in [5.74, 6) is 1.19. The number of carboxylic acid groups (broad SMARTS) is 1.